The average molecular weight is 504 g/mol. The summed E-state index contributed by atoms with van der Waals surface area (Å²) in [6.45, 7) is 7.89. The van der Waals surface area contributed by atoms with E-state index in [1.807, 2.05) is 18.4 Å². The summed E-state index contributed by atoms with van der Waals surface area (Å²) in [6.07, 6.45) is 1.71. The van der Waals surface area contributed by atoms with E-state index in [0.717, 1.165) is 5.56 Å². The number of allylic oxidation sites excluding steroid dienone is 1. The van der Waals surface area contributed by atoms with Crippen LogP contribution >= 0.6 is 35.0 Å². The van der Waals surface area contributed by atoms with E-state index < -0.39 is 6.04 Å². The fourth-order valence-corrected chi connectivity index (χ4v) is 4.30. The zero-order chi connectivity index (χ0) is 24.0. The lowest BCUT2D eigenvalue weighted by Gasteiger charge is -2.15. The number of hydrogen-bond acceptors (Lipinski definition) is 5. The molecule has 2 aromatic carbocycles. The van der Waals surface area contributed by atoms with Crippen LogP contribution in [0.3, 0.4) is 0 Å². The molecular formula is C23H23Cl2N5O2S. The Kier molecular flexibility index (Phi) is 8.55. The van der Waals surface area contributed by atoms with Crippen LogP contribution < -0.4 is 10.6 Å². The highest BCUT2D eigenvalue weighted by atomic mass is 35.5. The van der Waals surface area contributed by atoms with E-state index >= 15 is 0 Å². The number of thioether (sulfide) groups is 1. The molecule has 0 fully saturated rings. The van der Waals surface area contributed by atoms with Crippen molar-refractivity contribution in [2.24, 2.45) is 0 Å². The Bertz CT molecular complexity index is 1180. The first-order valence-electron chi connectivity index (χ1n) is 10.1. The number of aromatic nitrogens is 3. The number of carbonyl (C=O) groups is 2. The van der Waals surface area contributed by atoms with E-state index in [0.29, 0.717) is 38.8 Å². The van der Waals surface area contributed by atoms with Crippen molar-refractivity contribution in [3.63, 3.8) is 0 Å². The second-order valence-corrected chi connectivity index (χ2v) is 9.00. The average Bonchev–Trinajstić information content (AvgIpc) is 3.17. The topological polar surface area (TPSA) is 88.9 Å². The standard InChI is InChI=1S/C23H23Cl2N5O2S/c1-4-11-30-21(15(3)26-22(32)17-7-5-6-8-18(17)25)28-29-23(30)33-13-20(31)27-19-10-9-16(24)12-14(19)2/h4-10,12,15H,1,11,13H2,2-3H3,(H,26,32)(H,27,31)/t15-/m0/s1. The molecule has 0 saturated heterocycles. The summed E-state index contributed by atoms with van der Waals surface area (Å²) >= 11 is 13.3. The summed E-state index contributed by atoms with van der Waals surface area (Å²) < 4.78 is 1.82. The summed E-state index contributed by atoms with van der Waals surface area (Å²) in [5.74, 6) is 0.192. The molecule has 2 N–H and O–H groups in total. The maximum Gasteiger partial charge on any atom is 0.253 e. The van der Waals surface area contributed by atoms with Gasteiger partial charge in [0.15, 0.2) is 11.0 Å². The van der Waals surface area contributed by atoms with Crippen LogP contribution in [0.5, 0.6) is 0 Å². The molecule has 0 bridgehead atoms. The number of nitrogens with one attached hydrogen (secondary N) is 2. The quantitative estimate of drug-likeness (QED) is 0.305. The van der Waals surface area contributed by atoms with Gasteiger partial charge in [-0.3, -0.25) is 9.59 Å². The van der Waals surface area contributed by atoms with Gasteiger partial charge in [-0.15, -0.1) is 16.8 Å². The van der Waals surface area contributed by atoms with Gasteiger partial charge in [0.1, 0.15) is 0 Å². The molecular weight excluding hydrogens is 481 g/mol. The molecule has 0 radical (unpaired) electrons. The van der Waals surface area contributed by atoms with Gasteiger partial charge in [0.25, 0.3) is 5.91 Å². The zero-order valence-electron chi connectivity index (χ0n) is 18.1. The minimum absolute atomic E-state index is 0.137. The summed E-state index contributed by atoms with van der Waals surface area (Å²) in [4.78, 5) is 25.1. The predicted octanol–water partition coefficient (Wildman–Crippen LogP) is 5.30. The summed E-state index contributed by atoms with van der Waals surface area (Å²) in [7, 11) is 0. The first-order chi connectivity index (χ1) is 15.8. The molecule has 2 amide bonds. The van der Waals surface area contributed by atoms with Gasteiger partial charge in [-0.1, -0.05) is 53.2 Å². The molecule has 10 heteroatoms. The van der Waals surface area contributed by atoms with Crippen molar-refractivity contribution in [2.45, 2.75) is 31.6 Å². The second-order valence-electron chi connectivity index (χ2n) is 7.21. The molecule has 3 rings (SSSR count). The molecule has 172 valence electrons. The first kappa shape index (κ1) is 24.8. The Hall–Kier alpha value is -2.81. The Morgan fingerprint density at radius 2 is 1.97 bits per heavy atom. The molecule has 0 unspecified atom stereocenters. The second kappa shape index (κ2) is 11.4. The number of nitrogens with zero attached hydrogens (tertiary/aromatic N) is 3. The maximum absolute atomic E-state index is 12.6. The summed E-state index contributed by atoms with van der Waals surface area (Å²) in [5, 5.41) is 15.7. The minimum atomic E-state index is -0.443. The van der Waals surface area contributed by atoms with Crippen LogP contribution in [-0.4, -0.2) is 32.3 Å². The first-order valence-corrected chi connectivity index (χ1v) is 11.8. The smallest absolute Gasteiger partial charge is 0.253 e. The van der Waals surface area contributed by atoms with Crippen molar-refractivity contribution in [2.75, 3.05) is 11.1 Å². The van der Waals surface area contributed by atoms with Crippen molar-refractivity contribution < 1.29 is 9.59 Å². The third kappa shape index (κ3) is 6.37. The number of halogens is 2. The van der Waals surface area contributed by atoms with E-state index in [2.05, 4.69) is 27.4 Å². The van der Waals surface area contributed by atoms with Crippen LogP contribution in [0, 0.1) is 6.92 Å². The van der Waals surface area contributed by atoms with Crippen molar-refractivity contribution in [1.29, 1.82) is 0 Å². The van der Waals surface area contributed by atoms with E-state index in [1.165, 1.54) is 11.8 Å². The van der Waals surface area contributed by atoms with Crippen LogP contribution in [0.4, 0.5) is 5.69 Å². The number of carbonyl (C=O) groups excluding carboxylic acids is 2. The number of aryl methyl sites for hydroxylation is 1. The summed E-state index contributed by atoms with van der Waals surface area (Å²) in [6, 6.07) is 11.7. The van der Waals surface area contributed by atoms with Gasteiger partial charge in [0.05, 0.1) is 22.4 Å². The number of anilines is 1. The predicted molar refractivity (Wildman–Crippen MR) is 133 cm³/mol. The van der Waals surface area contributed by atoms with Crippen molar-refractivity contribution in [1.82, 2.24) is 20.1 Å². The molecule has 33 heavy (non-hydrogen) atoms. The van der Waals surface area contributed by atoms with Crippen LogP contribution in [0.2, 0.25) is 10.0 Å². The molecule has 1 heterocycles. The molecule has 3 aromatic rings. The van der Waals surface area contributed by atoms with Gasteiger partial charge >= 0.3 is 0 Å². The molecule has 1 aromatic heterocycles. The van der Waals surface area contributed by atoms with Crippen LogP contribution in [0.25, 0.3) is 0 Å². The van der Waals surface area contributed by atoms with Gasteiger partial charge in [0.2, 0.25) is 5.91 Å². The van der Waals surface area contributed by atoms with Gasteiger partial charge in [0, 0.05) is 17.3 Å². The van der Waals surface area contributed by atoms with Gasteiger partial charge in [-0.25, -0.2) is 0 Å². The fourth-order valence-electron chi connectivity index (χ4n) is 3.10. The van der Waals surface area contributed by atoms with Crippen LogP contribution in [-0.2, 0) is 11.3 Å². The molecule has 1 atom stereocenters. The van der Waals surface area contributed by atoms with Crippen LogP contribution in [0.1, 0.15) is 34.7 Å². The molecule has 7 nitrogen and oxygen atoms in total. The third-order valence-electron chi connectivity index (χ3n) is 4.71. The van der Waals surface area contributed by atoms with E-state index in [1.54, 1.807) is 48.5 Å². The Morgan fingerprint density at radius 3 is 2.67 bits per heavy atom. The monoisotopic (exact) mass is 503 g/mol. The summed E-state index contributed by atoms with van der Waals surface area (Å²) in [5.41, 5.74) is 1.96. The number of hydrogen-bond donors (Lipinski definition) is 2. The lowest BCUT2D eigenvalue weighted by molar-refractivity contribution is -0.113. The number of rotatable bonds is 9. The molecule has 0 aliphatic heterocycles. The number of amides is 2. The SMILES string of the molecule is C=CCn1c(SCC(=O)Nc2ccc(Cl)cc2C)nnc1[C@H](C)NC(=O)c1ccccc1Cl. The maximum atomic E-state index is 12.6. The normalized spacial score (nSPS) is 11.6. The Labute approximate surface area is 206 Å². The lowest BCUT2D eigenvalue weighted by atomic mass is 10.2. The Balaban J connectivity index is 1.68. The highest BCUT2D eigenvalue weighted by Gasteiger charge is 2.21. The molecule has 0 spiro atoms. The van der Waals surface area contributed by atoms with Crippen LogP contribution in [0.15, 0.2) is 60.3 Å². The van der Waals surface area contributed by atoms with Gasteiger partial charge in [-0.2, -0.15) is 0 Å². The molecule has 0 saturated carbocycles. The zero-order valence-corrected chi connectivity index (χ0v) is 20.5. The lowest BCUT2D eigenvalue weighted by Crippen LogP contribution is -2.29. The van der Waals surface area contributed by atoms with E-state index in [-0.39, 0.29) is 17.6 Å². The minimum Gasteiger partial charge on any atom is -0.342 e. The third-order valence-corrected chi connectivity index (χ3v) is 6.24. The van der Waals surface area contributed by atoms with Gasteiger partial charge < -0.3 is 15.2 Å². The largest absolute Gasteiger partial charge is 0.342 e. The highest BCUT2D eigenvalue weighted by molar-refractivity contribution is 7.99. The molecule has 0 aliphatic carbocycles. The van der Waals surface area contributed by atoms with Crippen molar-refractivity contribution >= 4 is 52.5 Å². The van der Waals surface area contributed by atoms with E-state index in [9.17, 15) is 9.59 Å². The van der Waals surface area contributed by atoms with Crippen molar-refractivity contribution in [3.8, 4) is 0 Å². The Morgan fingerprint density at radius 1 is 1.21 bits per heavy atom. The van der Waals surface area contributed by atoms with Gasteiger partial charge in [-0.05, 0) is 49.7 Å². The van der Waals surface area contributed by atoms with E-state index in [4.69, 9.17) is 23.2 Å². The fraction of sp³-hybridized carbons (Fsp3) is 0.217. The highest BCUT2D eigenvalue weighted by Crippen LogP contribution is 2.23. The van der Waals surface area contributed by atoms with Crippen molar-refractivity contribution in [3.05, 3.63) is 82.1 Å². The number of benzene rings is 2. The molecule has 0 aliphatic rings.